The van der Waals surface area contributed by atoms with Crippen LogP contribution in [0.15, 0.2) is 34.5 Å². The van der Waals surface area contributed by atoms with Crippen molar-refractivity contribution in [2.45, 2.75) is 19.3 Å². The van der Waals surface area contributed by atoms with Crippen molar-refractivity contribution < 1.29 is 4.39 Å². The summed E-state index contributed by atoms with van der Waals surface area (Å²) < 4.78 is 12.9. The maximum Gasteiger partial charge on any atom is 0.123 e. The van der Waals surface area contributed by atoms with Crippen LogP contribution in [0.4, 0.5) is 4.39 Å². The second kappa shape index (κ2) is 4.98. The number of nitrogens with zero attached hydrogens (tertiary/aromatic N) is 2. The van der Waals surface area contributed by atoms with Gasteiger partial charge in [0.1, 0.15) is 5.82 Å². The van der Waals surface area contributed by atoms with Crippen LogP contribution in [0.1, 0.15) is 24.8 Å². The summed E-state index contributed by atoms with van der Waals surface area (Å²) in [4.78, 5) is 0. The molecule has 1 aromatic rings. The third-order valence-electron chi connectivity index (χ3n) is 3.64. The fourth-order valence-corrected chi connectivity index (χ4v) is 2.55. The molecule has 1 fully saturated rings. The minimum absolute atomic E-state index is 0.211. The van der Waals surface area contributed by atoms with Crippen molar-refractivity contribution in [1.82, 2.24) is 5.32 Å². The van der Waals surface area contributed by atoms with Gasteiger partial charge in [0.05, 0.1) is 5.71 Å². The van der Waals surface area contributed by atoms with Gasteiger partial charge in [-0.25, -0.2) is 4.39 Å². The van der Waals surface area contributed by atoms with Crippen LogP contribution < -0.4 is 5.32 Å². The van der Waals surface area contributed by atoms with Crippen LogP contribution in [0.5, 0.6) is 0 Å². The molecule has 1 N–H and O–H groups in total. The molecule has 4 heteroatoms. The fraction of sp³-hybridized carbons (Fsp3) is 0.429. The monoisotopic (exact) mass is 245 g/mol. The summed E-state index contributed by atoms with van der Waals surface area (Å²) in [5.41, 5.74) is 3.13. The third-order valence-corrected chi connectivity index (χ3v) is 3.64. The van der Waals surface area contributed by atoms with E-state index in [0.717, 1.165) is 43.6 Å². The molecule has 0 saturated carbocycles. The van der Waals surface area contributed by atoms with Crippen LogP contribution in [0.25, 0.3) is 0 Å². The van der Waals surface area contributed by atoms with E-state index in [1.807, 2.05) is 0 Å². The average molecular weight is 245 g/mol. The molecule has 2 aliphatic rings. The second-order valence-corrected chi connectivity index (χ2v) is 4.85. The number of hydrogen-bond donors (Lipinski definition) is 1. The van der Waals surface area contributed by atoms with Gasteiger partial charge in [-0.3, -0.25) is 0 Å². The fourth-order valence-electron chi connectivity index (χ4n) is 2.55. The van der Waals surface area contributed by atoms with E-state index in [1.54, 1.807) is 12.1 Å². The lowest BCUT2D eigenvalue weighted by Gasteiger charge is -2.22. The number of benzene rings is 1. The topological polar surface area (TPSA) is 36.8 Å². The Morgan fingerprint density at radius 3 is 2.50 bits per heavy atom. The first-order chi connectivity index (χ1) is 8.83. The van der Waals surface area contributed by atoms with E-state index in [-0.39, 0.29) is 5.82 Å². The van der Waals surface area contributed by atoms with Gasteiger partial charge in [-0.2, -0.15) is 10.2 Å². The molecular weight excluding hydrogens is 229 g/mol. The van der Waals surface area contributed by atoms with Crippen molar-refractivity contribution in [3.8, 4) is 0 Å². The zero-order chi connectivity index (χ0) is 12.4. The standard InChI is InChI=1S/C14H16FN3/c15-12-3-1-10(2-4-12)13-9-14(18-17-13)11-5-7-16-8-6-11/h1-4,11,16H,5-9H2. The lowest BCUT2D eigenvalue weighted by Crippen LogP contribution is -2.31. The first-order valence-corrected chi connectivity index (χ1v) is 6.43. The normalized spacial score (nSPS) is 20.7. The highest BCUT2D eigenvalue weighted by Crippen LogP contribution is 2.22. The largest absolute Gasteiger partial charge is 0.317 e. The van der Waals surface area contributed by atoms with Crippen molar-refractivity contribution in [3.05, 3.63) is 35.6 Å². The molecule has 0 unspecified atom stereocenters. The molecular formula is C14H16FN3. The van der Waals surface area contributed by atoms with Crippen LogP contribution >= 0.6 is 0 Å². The molecule has 3 rings (SSSR count). The molecule has 94 valence electrons. The van der Waals surface area contributed by atoms with Crippen molar-refractivity contribution in [2.24, 2.45) is 16.1 Å². The number of halogens is 1. The molecule has 0 aliphatic carbocycles. The Kier molecular flexibility index (Phi) is 3.19. The van der Waals surface area contributed by atoms with E-state index in [9.17, 15) is 4.39 Å². The third kappa shape index (κ3) is 2.34. The molecule has 0 bridgehead atoms. The zero-order valence-corrected chi connectivity index (χ0v) is 10.2. The van der Waals surface area contributed by atoms with E-state index in [4.69, 9.17) is 0 Å². The average Bonchev–Trinajstić information content (AvgIpc) is 2.90. The van der Waals surface area contributed by atoms with Gasteiger partial charge < -0.3 is 5.32 Å². The SMILES string of the molecule is Fc1ccc(C2=NN=C(C3CCNCC3)C2)cc1. The van der Waals surface area contributed by atoms with Crippen LogP contribution in [0.2, 0.25) is 0 Å². The first kappa shape index (κ1) is 11.5. The molecule has 0 amide bonds. The smallest absolute Gasteiger partial charge is 0.123 e. The predicted octanol–water partition coefficient (Wildman–Crippen LogP) is 2.37. The molecule has 0 radical (unpaired) electrons. The molecule has 1 saturated heterocycles. The van der Waals surface area contributed by atoms with Crippen LogP contribution in [-0.4, -0.2) is 24.5 Å². The summed E-state index contributed by atoms with van der Waals surface area (Å²) in [6, 6.07) is 6.49. The molecule has 2 heterocycles. The van der Waals surface area contributed by atoms with Gasteiger partial charge in [-0.05, 0) is 43.6 Å². The Morgan fingerprint density at radius 1 is 1.06 bits per heavy atom. The highest BCUT2D eigenvalue weighted by atomic mass is 19.1. The maximum absolute atomic E-state index is 12.9. The minimum Gasteiger partial charge on any atom is -0.317 e. The Balaban J connectivity index is 1.67. The molecule has 0 atom stereocenters. The van der Waals surface area contributed by atoms with E-state index in [0.29, 0.717) is 5.92 Å². The maximum atomic E-state index is 12.9. The number of piperidine rings is 1. The van der Waals surface area contributed by atoms with E-state index >= 15 is 0 Å². The minimum atomic E-state index is -0.211. The summed E-state index contributed by atoms with van der Waals surface area (Å²) in [5.74, 6) is 0.352. The number of nitrogens with one attached hydrogen (secondary N) is 1. The summed E-state index contributed by atoms with van der Waals surface area (Å²) in [7, 11) is 0. The van der Waals surface area contributed by atoms with Gasteiger partial charge in [-0.1, -0.05) is 12.1 Å². The van der Waals surface area contributed by atoms with Gasteiger partial charge >= 0.3 is 0 Å². The van der Waals surface area contributed by atoms with Crippen LogP contribution in [0.3, 0.4) is 0 Å². The quantitative estimate of drug-likeness (QED) is 0.853. The first-order valence-electron chi connectivity index (χ1n) is 6.43. The number of rotatable bonds is 2. The van der Waals surface area contributed by atoms with E-state index < -0.39 is 0 Å². The molecule has 18 heavy (non-hydrogen) atoms. The Labute approximate surface area is 106 Å². The predicted molar refractivity (Wildman–Crippen MR) is 70.6 cm³/mol. The summed E-state index contributed by atoms with van der Waals surface area (Å²) in [5, 5.41) is 11.9. The van der Waals surface area contributed by atoms with Crippen molar-refractivity contribution >= 4 is 11.4 Å². The van der Waals surface area contributed by atoms with Gasteiger partial charge in [0, 0.05) is 18.1 Å². The lowest BCUT2D eigenvalue weighted by atomic mass is 9.89. The number of hydrogen-bond acceptors (Lipinski definition) is 3. The van der Waals surface area contributed by atoms with Crippen LogP contribution in [0, 0.1) is 11.7 Å². The highest BCUT2D eigenvalue weighted by Gasteiger charge is 2.24. The molecule has 0 aromatic heterocycles. The van der Waals surface area contributed by atoms with Crippen LogP contribution in [-0.2, 0) is 0 Å². The van der Waals surface area contributed by atoms with Crippen molar-refractivity contribution in [3.63, 3.8) is 0 Å². The summed E-state index contributed by atoms with van der Waals surface area (Å²) in [6.45, 7) is 2.13. The van der Waals surface area contributed by atoms with Gasteiger partial charge in [0.25, 0.3) is 0 Å². The van der Waals surface area contributed by atoms with Crippen molar-refractivity contribution in [1.29, 1.82) is 0 Å². The Bertz CT molecular complexity index is 484. The Hall–Kier alpha value is -1.55. The summed E-state index contributed by atoms with van der Waals surface area (Å²) in [6.07, 6.45) is 3.10. The molecule has 0 spiro atoms. The molecule has 2 aliphatic heterocycles. The van der Waals surface area contributed by atoms with Crippen molar-refractivity contribution in [2.75, 3.05) is 13.1 Å². The van der Waals surface area contributed by atoms with Gasteiger partial charge in [0.2, 0.25) is 0 Å². The second-order valence-electron chi connectivity index (χ2n) is 4.85. The molecule has 1 aromatic carbocycles. The molecule has 3 nitrogen and oxygen atoms in total. The van der Waals surface area contributed by atoms with E-state index in [2.05, 4.69) is 15.5 Å². The highest BCUT2D eigenvalue weighted by molar-refractivity contribution is 6.15. The Morgan fingerprint density at radius 2 is 1.78 bits per heavy atom. The van der Waals surface area contributed by atoms with Gasteiger partial charge in [-0.15, -0.1) is 0 Å². The van der Waals surface area contributed by atoms with E-state index in [1.165, 1.54) is 17.8 Å². The zero-order valence-electron chi connectivity index (χ0n) is 10.2. The lowest BCUT2D eigenvalue weighted by molar-refractivity contribution is 0.454. The summed E-state index contributed by atoms with van der Waals surface area (Å²) >= 11 is 0. The van der Waals surface area contributed by atoms with Gasteiger partial charge in [0.15, 0.2) is 0 Å².